The smallest absolute Gasteiger partial charge is 0.241 e. The lowest BCUT2D eigenvalue weighted by Crippen LogP contribution is -2.37. The van der Waals surface area contributed by atoms with E-state index >= 15 is 0 Å². The van der Waals surface area contributed by atoms with Gasteiger partial charge in [0, 0.05) is 30.8 Å². The lowest BCUT2D eigenvalue weighted by Gasteiger charge is -2.17. The Balaban J connectivity index is 1.77. The molecule has 26 heavy (non-hydrogen) atoms. The van der Waals surface area contributed by atoms with Crippen LogP contribution in [-0.2, 0) is 14.8 Å². The van der Waals surface area contributed by atoms with Gasteiger partial charge >= 0.3 is 0 Å². The average molecular weight is 376 g/mol. The van der Waals surface area contributed by atoms with Crippen LogP contribution in [0.1, 0.15) is 6.42 Å². The predicted molar refractivity (Wildman–Crippen MR) is 97.1 cm³/mol. The Morgan fingerprint density at radius 1 is 1.04 bits per heavy atom. The molecule has 1 amide bonds. The number of hydrogen-bond donors (Lipinski definition) is 1. The van der Waals surface area contributed by atoms with Crippen molar-refractivity contribution in [1.29, 1.82) is 0 Å². The number of ether oxygens (including phenoxy) is 2. The van der Waals surface area contributed by atoms with Crippen LogP contribution in [0.5, 0.6) is 11.5 Å². The molecule has 1 fully saturated rings. The van der Waals surface area contributed by atoms with E-state index < -0.39 is 16.1 Å². The Bertz CT molecular complexity index is 899. The van der Waals surface area contributed by atoms with Gasteiger partial charge in [-0.05, 0) is 24.3 Å². The van der Waals surface area contributed by atoms with Crippen molar-refractivity contribution in [2.24, 2.45) is 0 Å². The maximum atomic E-state index is 12.7. The van der Waals surface area contributed by atoms with E-state index in [2.05, 4.69) is 4.72 Å². The van der Waals surface area contributed by atoms with Crippen LogP contribution in [0.15, 0.2) is 53.4 Å². The fourth-order valence-electron chi connectivity index (χ4n) is 2.92. The average Bonchev–Trinajstić information content (AvgIpc) is 3.01. The van der Waals surface area contributed by atoms with Gasteiger partial charge in [0.2, 0.25) is 15.9 Å². The van der Waals surface area contributed by atoms with E-state index in [1.807, 2.05) is 30.3 Å². The number of sulfonamides is 1. The highest BCUT2D eigenvalue weighted by Crippen LogP contribution is 2.30. The summed E-state index contributed by atoms with van der Waals surface area (Å²) in [6.45, 7) is 0.287. The van der Waals surface area contributed by atoms with Gasteiger partial charge < -0.3 is 14.4 Å². The molecule has 0 saturated carbocycles. The summed E-state index contributed by atoms with van der Waals surface area (Å²) >= 11 is 0. The SMILES string of the molecule is COc1ccc(S(=O)(=O)NC2CC(=O)N(c3ccccc3)C2)cc1OC. The topological polar surface area (TPSA) is 84.9 Å². The highest BCUT2D eigenvalue weighted by molar-refractivity contribution is 7.89. The van der Waals surface area contributed by atoms with E-state index in [9.17, 15) is 13.2 Å². The number of carbonyl (C=O) groups excluding carboxylic acids is 1. The molecule has 0 aliphatic carbocycles. The number of nitrogens with one attached hydrogen (secondary N) is 1. The van der Waals surface area contributed by atoms with Gasteiger partial charge in [0.25, 0.3) is 0 Å². The molecule has 3 rings (SSSR count). The van der Waals surface area contributed by atoms with E-state index in [0.29, 0.717) is 11.5 Å². The van der Waals surface area contributed by atoms with Crippen LogP contribution in [0, 0.1) is 0 Å². The summed E-state index contributed by atoms with van der Waals surface area (Å²) in [4.78, 5) is 13.9. The van der Waals surface area contributed by atoms with Gasteiger partial charge in [-0.3, -0.25) is 4.79 Å². The van der Waals surface area contributed by atoms with Crippen molar-refractivity contribution in [3.8, 4) is 11.5 Å². The monoisotopic (exact) mass is 376 g/mol. The number of nitrogens with zero attached hydrogens (tertiary/aromatic N) is 1. The first-order valence-electron chi connectivity index (χ1n) is 8.04. The quantitative estimate of drug-likeness (QED) is 0.831. The molecule has 1 aliphatic rings. The molecule has 0 radical (unpaired) electrons. The summed E-state index contributed by atoms with van der Waals surface area (Å²) in [6, 6.07) is 13.0. The molecule has 1 N–H and O–H groups in total. The minimum Gasteiger partial charge on any atom is -0.493 e. The van der Waals surface area contributed by atoms with Crippen LogP contribution < -0.4 is 19.1 Å². The Labute approximate surface area is 152 Å². The zero-order valence-corrected chi connectivity index (χ0v) is 15.3. The van der Waals surface area contributed by atoms with Gasteiger partial charge in [-0.15, -0.1) is 0 Å². The van der Waals surface area contributed by atoms with Gasteiger partial charge in [-0.25, -0.2) is 13.1 Å². The predicted octanol–water partition coefficient (Wildman–Crippen LogP) is 1.79. The summed E-state index contributed by atoms with van der Waals surface area (Å²) in [5.41, 5.74) is 0.755. The highest BCUT2D eigenvalue weighted by Gasteiger charge is 2.33. The van der Waals surface area contributed by atoms with Gasteiger partial charge in [-0.2, -0.15) is 0 Å². The molecule has 2 aromatic carbocycles. The van der Waals surface area contributed by atoms with Crippen LogP contribution in [0.3, 0.4) is 0 Å². The highest BCUT2D eigenvalue weighted by atomic mass is 32.2. The molecule has 7 nitrogen and oxygen atoms in total. The van der Waals surface area contributed by atoms with Crippen molar-refractivity contribution in [1.82, 2.24) is 4.72 Å². The van der Waals surface area contributed by atoms with Crippen molar-refractivity contribution in [2.75, 3.05) is 25.7 Å². The van der Waals surface area contributed by atoms with Gasteiger partial charge in [-0.1, -0.05) is 18.2 Å². The van der Waals surface area contributed by atoms with Gasteiger partial charge in [0.1, 0.15) is 0 Å². The summed E-state index contributed by atoms with van der Waals surface area (Å²) in [7, 11) is -0.876. The number of methoxy groups -OCH3 is 2. The van der Waals surface area contributed by atoms with Crippen molar-refractivity contribution in [3.63, 3.8) is 0 Å². The summed E-state index contributed by atoms with van der Waals surface area (Å²) in [5.74, 6) is 0.651. The molecular formula is C18H20N2O5S. The number of carbonyl (C=O) groups is 1. The Hall–Kier alpha value is -2.58. The molecule has 1 unspecified atom stereocenters. The number of amides is 1. The maximum absolute atomic E-state index is 12.7. The van der Waals surface area contributed by atoms with Crippen LogP contribution in [0.25, 0.3) is 0 Å². The largest absolute Gasteiger partial charge is 0.493 e. The first kappa shape index (κ1) is 18.2. The third kappa shape index (κ3) is 3.66. The minimum absolute atomic E-state index is 0.0563. The molecule has 1 saturated heterocycles. The Morgan fingerprint density at radius 3 is 2.38 bits per heavy atom. The van der Waals surface area contributed by atoms with Crippen LogP contribution in [0.4, 0.5) is 5.69 Å². The molecule has 1 aliphatic heterocycles. The van der Waals surface area contributed by atoms with E-state index in [0.717, 1.165) is 5.69 Å². The normalized spacial score (nSPS) is 17.4. The van der Waals surface area contributed by atoms with Crippen molar-refractivity contribution in [2.45, 2.75) is 17.4 Å². The third-order valence-corrected chi connectivity index (χ3v) is 5.70. The molecule has 2 aromatic rings. The fourth-order valence-corrected chi connectivity index (χ4v) is 4.16. The molecular weight excluding hydrogens is 356 g/mol. The lowest BCUT2D eigenvalue weighted by molar-refractivity contribution is -0.117. The number of hydrogen-bond acceptors (Lipinski definition) is 5. The molecule has 0 bridgehead atoms. The molecule has 0 spiro atoms. The number of benzene rings is 2. The van der Waals surface area contributed by atoms with Crippen molar-refractivity contribution >= 4 is 21.6 Å². The summed E-state index contributed by atoms with van der Waals surface area (Å²) < 4.78 is 38.2. The zero-order chi connectivity index (χ0) is 18.7. The second-order valence-corrected chi connectivity index (χ2v) is 7.59. The molecule has 138 valence electrons. The Morgan fingerprint density at radius 2 is 1.73 bits per heavy atom. The van der Waals surface area contributed by atoms with Gasteiger partial charge in [0.05, 0.1) is 19.1 Å². The summed E-state index contributed by atoms with van der Waals surface area (Å²) in [5, 5.41) is 0. The fraction of sp³-hybridized carbons (Fsp3) is 0.278. The number of para-hydroxylation sites is 1. The second-order valence-electron chi connectivity index (χ2n) is 5.88. The van der Waals surface area contributed by atoms with Gasteiger partial charge in [0.15, 0.2) is 11.5 Å². The maximum Gasteiger partial charge on any atom is 0.241 e. The standard InChI is InChI=1S/C18H20N2O5S/c1-24-16-9-8-15(11-17(16)25-2)26(22,23)19-13-10-18(21)20(12-13)14-6-4-3-5-7-14/h3-9,11,13,19H,10,12H2,1-2H3. The second kappa shape index (κ2) is 7.35. The van der Waals surface area contributed by atoms with E-state index in [-0.39, 0.29) is 23.8 Å². The van der Waals surface area contributed by atoms with Crippen molar-refractivity contribution < 1.29 is 22.7 Å². The number of anilines is 1. The Kier molecular flexibility index (Phi) is 5.15. The first-order valence-corrected chi connectivity index (χ1v) is 9.52. The molecule has 1 atom stereocenters. The molecule has 0 aromatic heterocycles. The zero-order valence-electron chi connectivity index (χ0n) is 14.5. The van der Waals surface area contributed by atoms with E-state index in [4.69, 9.17) is 9.47 Å². The van der Waals surface area contributed by atoms with Crippen LogP contribution >= 0.6 is 0 Å². The number of rotatable bonds is 6. The lowest BCUT2D eigenvalue weighted by atomic mass is 10.3. The van der Waals surface area contributed by atoms with E-state index in [1.165, 1.54) is 32.4 Å². The molecule has 1 heterocycles. The van der Waals surface area contributed by atoms with Crippen molar-refractivity contribution in [3.05, 3.63) is 48.5 Å². The first-order chi connectivity index (χ1) is 12.4. The molecule has 8 heteroatoms. The summed E-state index contributed by atoms with van der Waals surface area (Å²) in [6.07, 6.45) is 0.113. The third-order valence-electron chi connectivity index (χ3n) is 4.18. The van der Waals surface area contributed by atoms with E-state index in [1.54, 1.807) is 4.90 Å². The van der Waals surface area contributed by atoms with Crippen LogP contribution in [-0.4, -0.2) is 41.1 Å². The van der Waals surface area contributed by atoms with Crippen LogP contribution in [0.2, 0.25) is 0 Å². The minimum atomic E-state index is -3.79.